The predicted molar refractivity (Wildman–Crippen MR) is 63.9 cm³/mol. The summed E-state index contributed by atoms with van der Waals surface area (Å²) in [4.78, 5) is 2.07. The molecule has 0 aliphatic carbocycles. The smallest absolute Gasteiger partial charge is 0.298 e. The van der Waals surface area contributed by atoms with E-state index < -0.39 is 12.3 Å². The number of rotatable bonds is 3. The van der Waals surface area contributed by atoms with Crippen LogP contribution in [-0.4, -0.2) is 30.3 Å². The second-order valence-corrected chi connectivity index (χ2v) is 4.70. The van der Waals surface area contributed by atoms with Crippen molar-refractivity contribution in [2.45, 2.75) is 31.7 Å². The molecule has 1 aromatic carbocycles. The molecular weight excluding hydrogens is 241 g/mol. The second-order valence-electron chi connectivity index (χ2n) is 4.70. The summed E-state index contributed by atoms with van der Waals surface area (Å²) in [6.45, 7) is 2.04. The van der Waals surface area contributed by atoms with E-state index in [4.69, 9.17) is 0 Å². The molecule has 1 saturated heterocycles. The van der Waals surface area contributed by atoms with Gasteiger partial charge in [-0.05, 0) is 24.9 Å². The van der Waals surface area contributed by atoms with Crippen molar-refractivity contribution in [3.63, 3.8) is 0 Å². The molecule has 5 heteroatoms. The maximum atomic E-state index is 12.3. The lowest BCUT2D eigenvalue weighted by Gasteiger charge is -2.33. The molecule has 0 bridgehead atoms. The number of benzene rings is 1. The van der Waals surface area contributed by atoms with Crippen LogP contribution in [0.5, 0.6) is 0 Å². The van der Waals surface area contributed by atoms with E-state index in [2.05, 4.69) is 4.90 Å². The Hall–Kier alpha value is -1.07. The Bertz CT molecular complexity index is 364. The van der Waals surface area contributed by atoms with Crippen molar-refractivity contribution < 1.29 is 13.2 Å². The van der Waals surface area contributed by atoms with E-state index in [1.165, 1.54) is 0 Å². The highest BCUT2D eigenvalue weighted by molar-refractivity contribution is 5.14. The largest absolute Gasteiger partial charge is 0.457 e. The van der Waals surface area contributed by atoms with Crippen LogP contribution < -0.4 is 5.32 Å². The molecule has 0 amide bonds. The number of nitrogens with zero attached hydrogens (tertiary/aromatic N) is 1. The molecule has 0 saturated carbocycles. The molecule has 1 aliphatic heterocycles. The number of hydrogen-bond acceptors (Lipinski definition) is 2. The minimum atomic E-state index is -4.28. The van der Waals surface area contributed by atoms with Gasteiger partial charge < -0.3 is 0 Å². The van der Waals surface area contributed by atoms with E-state index in [0.717, 1.165) is 25.1 Å². The summed E-state index contributed by atoms with van der Waals surface area (Å²) in [5, 5.41) is 1.73. The first-order chi connectivity index (χ1) is 8.53. The van der Waals surface area contributed by atoms with Crippen molar-refractivity contribution in [3.05, 3.63) is 35.9 Å². The van der Waals surface area contributed by atoms with Crippen molar-refractivity contribution in [3.8, 4) is 0 Å². The quantitative estimate of drug-likeness (QED) is 0.839. The lowest BCUT2D eigenvalue weighted by molar-refractivity contribution is -0.167. The van der Waals surface area contributed by atoms with Gasteiger partial charge in [-0.2, -0.15) is 13.2 Å². The zero-order valence-electron chi connectivity index (χ0n) is 10.1. The van der Waals surface area contributed by atoms with Gasteiger partial charge >= 0.3 is 6.30 Å². The highest BCUT2D eigenvalue weighted by atomic mass is 19.4. The molecule has 0 radical (unpaired) electrons. The van der Waals surface area contributed by atoms with Crippen LogP contribution in [0.4, 0.5) is 13.2 Å². The van der Waals surface area contributed by atoms with Gasteiger partial charge in [-0.25, -0.2) is 5.32 Å². The maximum Gasteiger partial charge on any atom is 0.457 e. The van der Waals surface area contributed by atoms with Gasteiger partial charge in [0.2, 0.25) is 0 Å². The molecule has 1 atom stereocenters. The summed E-state index contributed by atoms with van der Waals surface area (Å²) in [6, 6.07) is 9.35. The highest BCUT2D eigenvalue weighted by Crippen LogP contribution is 2.18. The van der Waals surface area contributed by atoms with Gasteiger partial charge in [0, 0.05) is 19.1 Å². The normalized spacial score (nSPS) is 22.1. The Morgan fingerprint density at radius 3 is 2.61 bits per heavy atom. The van der Waals surface area contributed by atoms with Gasteiger partial charge in [-0.1, -0.05) is 30.3 Å². The molecule has 1 unspecified atom stereocenters. The van der Waals surface area contributed by atoms with Crippen molar-refractivity contribution in [2.75, 3.05) is 13.1 Å². The Morgan fingerprint density at radius 2 is 1.94 bits per heavy atom. The molecule has 100 valence electrons. The average Bonchev–Trinajstić information content (AvgIpc) is 2.28. The number of alkyl halides is 3. The minimum absolute atomic E-state index is 0.453. The fourth-order valence-corrected chi connectivity index (χ4v) is 2.39. The summed E-state index contributed by atoms with van der Waals surface area (Å²) in [5.41, 5.74) is 1.14. The molecule has 1 heterocycles. The monoisotopic (exact) mass is 258 g/mol. The van der Waals surface area contributed by atoms with Crippen molar-refractivity contribution in [2.24, 2.45) is 0 Å². The Labute approximate surface area is 105 Å². The third-order valence-electron chi connectivity index (χ3n) is 3.12. The molecule has 2 nitrogen and oxygen atoms in total. The molecule has 1 aromatic rings. The molecule has 1 aliphatic rings. The molecule has 18 heavy (non-hydrogen) atoms. The van der Waals surface area contributed by atoms with Gasteiger partial charge in [0.25, 0.3) is 0 Å². The summed E-state index contributed by atoms with van der Waals surface area (Å²) in [6.07, 6.45) is -2.88. The molecule has 0 spiro atoms. The second kappa shape index (κ2) is 5.71. The Balaban J connectivity index is 1.87. The molecule has 1 fully saturated rings. The number of likely N-dealkylation sites (tertiary alicyclic amines) is 1. The first-order valence-corrected chi connectivity index (χ1v) is 6.14. The zero-order valence-corrected chi connectivity index (χ0v) is 10.1. The van der Waals surface area contributed by atoms with Crippen molar-refractivity contribution in [1.29, 1.82) is 0 Å². The van der Waals surface area contributed by atoms with Crippen molar-refractivity contribution in [1.82, 2.24) is 10.2 Å². The van der Waals surface area contributed by atoms with Crippen LogP contribution >= 0.6 is 0 Å². The molecule has 1 N–H and O–H groups in total. The van der Waals surface area contributed by atoms with Crippen LogP contribution in [0.3, 0.4) is 0 Å². The molecule has 0 aromatic heterocycles. The van der Waals surface area contributed by atoms with E-state index in [1.54, 1.807) is 5.32 Å². The van der Waals surface area contributed by atoms with E-state index in [-0.39, 0.29) is 0 Å². The van der Waals surface area contributed by atoms with Gasteiger partial charge in [-0.3, -0.25) is 4.90 Å². The van der Waals surface area contributed by atoms with Gasteiger partial charge in [-0.15, -0.1) is 0 Å². The lowest BCUT2D eigenvalue weighted by atomic mass is 10.0. The zero-order chi connectivity index (χ0) is 13.0. The average molecular weight is 258 g/mol. The molecular formula is C13H17F3N2. The third kappa shape index (κ3) is 4.31. The Morgan fingerprint density at radius 1 is 1.22 bits per heavy atom. The number of halogens is 3. The fraction of sp³-hybridized carbons (Fsp3) is 0.538. The van der Waals surface area contributed by atoms with E-state index in [9.17, 15) is 13.2 Å². The summed E-state index contributed by atoms with van der Waals surface area (Å²) in [5.74, 6) is 0. The first-order valence-electron chi connectivity index (χ1n) is 6.14. The number of nitrogens with one attached hydrogen (secondary N) is 1. The number of piperidine rings is 1. The Kier molecular flexibility index (Phi) is 4.24. The van der Waals surface area contributed by atoms with Gasteiger partial charge in [0.15, 0.2) is 0 Å². The molecule has 2 rings (SSSR count). The van der Waals surface area contributed by atoms with E-state index in [0.29, 0.717) is 13.0 Å². The van der Waals surface area contributed by atoms with Gasteiger partial charge in [0.05, 0.1) is 0 Å². The standard InChI is InChI=1S/C13H17F3N2/c14-13(15,16)17-12-7-4-8-18(10-12)9-11-5-2-1-3-6-11/h1-3,5-6,12,17H,4,7-10H2. The van der Waals surface area contributed by atoms with E-state index >= 15 is 0 Å². The highest BCUT2D eigenvalue weighted by Gasteiger charge is 2.32. The number of hydrogen-bond donors (Lipinski definition) is 1. The van der Waals surface area contributed by atoms with Crippen LogP contribution in [0.2, 0.25) is 0 Å². The van der Waals surface area contributed by atoms with Gasteiger partial charge in [0.1, 0.15) is 0 Å². The van der Waals surface area contributed by atoms with Crippen molar-refractivity contribution >= 4 is 0 Å². The topological polar surface area (TPSA) is 15.3 Å². The fourth-order valence-electron chi connectivity index (χ4n) is 2.39. The van der Waals surface area contributed by atoms with E-state index in [1.807, 2.05) is 30.3 Å². The van der Waals surface area contributed by atoms with Crippen LogP contribution in [-0.2, 0) is 6.54 Å². The van der Waals surface area contributed by atoms with Crippen LogP contribution in [0.15, 0.2) is 30.3 Å². The lowest BCUT2D eigenvalue weighted by Crippen LogP contribution is -2.50. The van der Waals surface area contributed by atoms with Crippen LogP contribution in [0.1, 0.15) is 18.4 Å². The summed E-state index contributed by atoms with van der Waals surface area (Å²) < 4.78 is 36.8. The maximum absolute atomic E-state index is 12.3. The summed E-state index contributed by atoms with van der Waals surface area (Å²) in [7, 11) is 0. The van der Waals surface area contributed by atoms with Crippen LogP contribution in [0, 0.1) is 0 Å². The first kappa shape index (κ1) is 13.4. The van der Waals surface area contributed by atoms with Crippen LogP contribution in [0.25, 0.3) is 0 Å². The SMILES string of the molecule is FC(F)(F)NC1CCCN(Cc2ccccc2)C1. The third-order valence-corrected chi connectivity index (χ3v) is 3.12. The minimum Gasteiger partial charge on any atom is -0.298 e. The summed E-state index contributed by atoms with van der Waals surface area (Å²) >= 11 is 0. The predicted octanol–water partition coefficient (Wildman–Crippen LogP) is 2.76.